The Hall–Kier alpha value is -2.93. The fourth-order valence-corrected chi connectivity index (χ4v) is 2.79. The second-order valence-corrected chi connectivity index (χ2v) is 6.99. The molecule has 7 heteroatoms. The van der Waals surface area contributed by atoms with E-state index in [1.165, 1.54) is 17.0 Å². The summed E-state index contributed by atoms with van der Waals surface area (Å²) in [4.78, 5) is 27.8. The molecule has 0 saturated carbocycles. The third kappa shape index (κ3) is 6.06. The summed E-state index contributed by atoms with van der Waals surface area (Å²) in [5, 5.41) is 5.62. The van der Waals surface area contributed by atoms with Gasteiger partial charge in [0.25, 0.3) is 0 Å². The van der Waals surface area contributed by atoms with Crippen LogP contribution in [0, 0.1) is 5.82 Å². The van der Waals surface area contributed by atoms with Crippen molar-refractivity contribution in [3.8, 4) is 0 Å². The van der Waals surface area contributed by atoms with Gasteiger partial charge in [0.2, 0.25) is 5.91 Å². The number of nitrogens with zero attached hydrogens (tertiary/aromatic N) is 2. The van der Waals surface area contributed by atoms with E-state index in [1.807, 2.05) is 37.2 Å². The van der Waals surface area contributed by atoms with E-state index in [1.54, 1.807) is 32.3 Å². The van der Waals surface area contributed by atoms with Crippen molar-refractivity contribution < 1.29 is 14.0 Å². The molecular formula is C21H27FN4O2. The summed E-state index contributed by atoms with van der Waals surface area (Å²) in [7, 11) is 7.13. The molecule has 0 radical (unpaired) electrons. The van der Waals surface area contributed by atoms with Gasteiger partial charge in [-0.1, -0.05) is 30.3 Å². The number of halogens is 1. The van der Waals surface area contributed by atoms with Crippen LogP contribution in [0.1, 0.15) is 17.2 Å². The van der Waals surface area contributed by atoms with Crippen LogP contribution in [0.15, 0.2) is 48.5 Å². The summed E-state index contributed by atoms with van der Waals surface area (Å²) < 4.78 is 13.5. The molecule has 0 fully saturated rings. The minimum atomic E-state index is -0.381. The molecule has 150 valence electrons. The van der Waals surface area contributed by atoms with E-state index in [-0.39, 0.29) is 30.2 Å². The number of rotatable bonds is 7. The van der Waals surface area contributed by atoms with Gasteiger partial charge in [-0.05, 0) is 43.4 Å². The maximum atomic E-state index is 13.5. The van der Waals surface area contributed by atoms with Crippen molar-refractivity contribution in [3.63, 3.8) is 0 Å². The Morgan fingerprint density at radius 1 is 1.04 bits per heavy atom. The molecule has 0 aromatic heterocycles. The molecule has 2 rings (SSSR count). The number of likely N-dealkylation sites (N-methyl/N-ethyl adjacent to an activating group) is 2. The van der Waals surface area contributed by atoms with Gasteiger partial charge in [0.1, 0.15) is 5.82 Å². The Morgan fingerprint density at radius 3 is 2.39 bits per heavy atom. The highest BCUT2D eigenvalue weighted by Crippen LogP contribution is 2.19. The van der Waals surface area contributed by atoms with Crippen LogP contribution in [0.2, 0.25) is 0 Å². The Balaban J connectivity index is 2.03. The topological polar surface area (TPSA) is 64.7 Å². The number of para-hydroxylation sites is 1. The number of amides is 3. The summed E-state index contributed by atoms with van der Waals surface area (Å²) in [6.07, 6.45) is 0.201. The SMILES string of the molecule is CN(C)C(=O)Cc1ccccc1NC(=O)NCC(c1cccc(F)c1)N(C)C. The molecule has 0 aliphatic heterocycles. The first-order valence-corrected chi connectivity index (χ1v) is 9.02. The van der Waals surface area contributed by atoms with Crippen LogP contribution in [0.3, 0.4) is 0 Å². The predicted octanol–water partition coefficient (Wildman–Crippen LogP) is 2.88. The van der Waals surface area contributed by atoms with Gasteiger partial charge in [-0.2, -0.15) is 0 Å². The Bertz CT molecular complexity index is 824. The van der Waals surface area contributed by atoms with Crippen molar-refractivity contribution in [1.29, 1.82) is 0 Å². The second-order valence-electron chi connectivity index (χ2n) is 6.99. The van der Waals surface area contributed by atoms with Crippen LogP contribution in [0.5, 0.6) is 0 Å². The molecule has 6 nitrogen and oxygen atoms in total. The van der Waals surface area contributed by atoms with Crippen LogP contribution < -0.4 is 10.6 Å². The van der Waals surface area contributed by atoms with E-state index in [4.69, 9.17) is 0 Å². The molecule has 28 heavy (non-hydrogen) atoms. The molecular weight excluding hydrogens is 359 g/mol. The van der Waals surface area contributed by atoms with Crippen molar-refractivity contribution in [2.45, 2.75) is 12.5 Å². The van der Waals surface area contributed by atoms with Crippen LogP contribution in [0.25, 0.3) is 0 Å². The first kappa shape index (κ1) is 21.4. The molecule has 2 N–H and O–H groups in total. The van der Waals surface area contributed by atoms with E-state index < -0.39 is 0 Å². The van der Waals surface area contributed by atoms with E-state index >= 15 is 0 Å². The summed E-state index contributed by atoms with van der Waals surface area (Å²) >= 11 is 0. The highest BCUT2D eigenvalue weighted by molar-refractivity contribution is 5.91. The number of carbonyl (C=O) groups excluding carboxylic acids is 2. The van der Waals surface area contributed by atoms with Gasteiger partial charge in [-0.15, -0.1) is 0 Å². The fraction of sp³-hybridized carbons (Fsp3) is 0.333. The second kappa shape index (κ2) is 9.85. The maximum Gasteiger partial charge on any atom is 0.319 e. The minimum absolute atomic E-state index is 0.0477. The molecule has 0 aliphatic rings. The van der Waals surface area contributed by atoms with Crippen molar-refractivity contribution >= 4 is 17.6 Å². The number of nitrogens with one attached hydrogen (secondary N) is 2. The van der Waals surface area contributed by atoms with Crippen molar-refractivity contribution in [2.24, 2.45) is 0 Å². The van der Waals surface area contributed by atoms with Crippen molar-refractivity contribution in [2.75, 3.05) is 40.1 Å². The molecule has 0 aliphatic carbocycles. The zero-order chi connectivity index (χ0) is 20.7. The molecule has 2 aromatic rings. The van der Waals surface area contributed by atoms with Crippen molar-refractivity contribution in [3.05, 3.63) is 65.5 Å². The summed E-state index contributed by atoms with van der Waals surface area (Å²) in [6, 6.07) is 13.0. The third-order valence-corrected chi connectivity index (χ3v) is 4.42. The van der Waals surface area contributed by atoms with Crippen LogP contribution >= 0.6 is 0 Å². The number of anilines is 1. The highest BCUT2D eigenvalue weighted by atomic mass is 19.1. The minimum Gasteiger partial charge on any atom is -0.349 e. The average molecular weight is 386 g/mol. The largest absolute Gasteiger partial charge is 0.349 e. The fourth-order valence-electron chi connectivity index (χ4n) is 2.79. The summed E-state index contributed by atoms with van der Waals surface area (Å²) in [5.74, 6) is -0.360. The van der Waals surface area contributed by atoms with Crippen LogP contribution in [-0.2, 0) is 11.2 Å². The normalized spacial score (nSPS) is 11.8. The van der Waals surface area contributed by atoms with E-state index in [0.29, 0.717) is 12.2 Å². The monoisotopic (exact) mass is 386 g/mol. The van der Waals surface area contributed by atoms with E-state index in [9.17, 15) is 14.0 Å². The Labute approximate surface area is 165 Å². The first-order chi connectivity index (χ1) is 13.3. The maximum absolute atomic E-state index is 13.5. The zero-order valence-corrected chi connectivity index (χ0v) is 16.7. The predicted molar refractivity (Wildman–Crippen MR) is 109 cm³/mol. The molecule has 0 heterocycles. The first-order valence-electron chi connectivity index (χ1n) is 9.02. The van der Waals surface area contributed by atoms with Gasteiger partial charge in [0, 0.05) is 26.3 Å². The van der Waals surface area contributed by atoms with Gasteiger partial charge in [-0.3, -0.25) is 4.79 Å². The number of benzene rings is 2. The standard InChI is InChI=1S/C21H27FN4O2/c1-25(2)19(16-9-7-10-17(22)12-16)14-23-21(28)24-18-11-6-5-8-15(18)13-20(27)26(3)4/h5-12,19H,13-14H2,1-4H3,(H2,23,24,28). The summed E-state index contributed by atoms with van der Waals surface area (Å²) in [6.45, 7) is 0.307. The van der Waals surface area contributed by atoms with Gasteiger partial charge in [0.15, 0.2) is 0 Å². The van der Waals surface area contributed by atoms with Gasteiger partial charge in [0.05, 0.1) is 12.5 Å². The zero-order valence-electron chi connectivity index (χ0n) is 16.7. The van der Waals surface area contributed by atoms with Crippen LogP contribution in [0.4, 0.5) is 14.9 Å². The molecule has 1 atom stereocenters. The molecule has 2 aromatic carbocycles. The number of hydrogen-bond acceptors (Lipinski definition) is 3. The number of hydrogen-bond donors (Lipinski definition) is 2. The summed E-state index contributed by atoms with van der Waals surface area (Å²) in [5.41, 5.74) is 2.11. The van der Waals surface area contributed by atoms with E-state index in [2.05, 4.69) is 10.6 Å². The van der Waals surface area contributed by atoms with Gasteiger partial charge >= 0.3 is 6.03 Å². The lowest BCUT2D eigenvalue weighted by Crippen LogP contribution is -2.37. The molecule has 1 unspecified atom stereocenters. The van der Waals surface area contributed by atoms with Crippen LogP contribution in [-0.4, -0.2) is 56.5 Å². The van der Waals surface area contributed by atoms with Crippen molar-refractivity contribution in [1.82, 2.24) is 15.1 Å². The number of urea groups is 1. The Morgan fingerprint density at radius 2 is 1.75 bits per heavy atom. The average Bonchev–Trinajstić information content (AvgIpc) is 2.63. The molecule has 0 spiro atoms. The third-order valence-electron chi connectivity index (χ3n) is 4.42. The molecule has 0 bridgehead atoms. The number of carbonyl (C=O) groups is 2. The molecule has 0 saturated heterocycles. The lowest BCUT2D eigenvalue weighted by Gasteiger charge is -2.25. The van der Waals surface area contributed by atoms with E-state index in [0.717, 1.165) is 11.1 Å². The lowest BCUT2D eigenvalue weighted by atomic mass is 10.1. The van der Waals surface area contributed by atoms with Gasteiger partial charge in [-0.25, -0.2) is 9.18 Å². The highest BCUT2D eigenvalue weighted by Gasteiger charge is 2.17. The smallest absolute Gasteiger partial charge is 0.319 e. The molecule has 3 amide bonds. The Kier molecular flexibility index (Phi) is 7.52. The van der Waals surface area contributed by atoms with Gasteiger partial charge < -0.3 is 20.4 Å². The quantitative estimate of drug-likeness (QED) is 0.769. The lowest BCUT2D eigenvalue weighted by molar-refractivity contribution is -0.127.